The van der Waals surface area contributed by atoms with Gasteiger partial charge in [-0.25, -0.2) is 4.99 Å². The molecule has 194 valence electrons. The summed E-state index contributed by atoms with van der Waals surface area (Å²) >= 11 is 0. The van der Waals surface area contributed by atoms with Gasteiger partial charge >= 0.3 is 0 Å². The Bertz CT molecular complexity index is 1260. The van der Waals surface area contributed by atoms with Crippen molar-refractivity contribution in [3.8, 4) is 11.1 Å². The summed E-state index contributed by atoms with van der Waals surface area (Å²) < 4.78 is 0. The van der Waals surface area contributed by atoms with E-state index in [1.54, 1.807) is 0 Å². The zero-order valence-electron chi connectivity index (χ0n) is 22.2. The van der Waals surface area contributed by atoms with E-state index < -0.39 is 0 Å². The molecule has 2 aromatic rings. The normalized spacial score (nSPS) is 18.7. The number of amides is 2. The molecule has 0 atom stereocenters. The van der Waals surface area contributed by atoms with Crippen LogP contribution in [0.15, 0.2) is 53.0 Å². The van der Waals surface area contributed by atoms with Crippen LogP contribution < -0.4 is 5.73 Å². The number of nitrogens with two attached hydrogens (primary N) is 1. The minimum absolute atomic E-state index is 0.0575. The molecule has 0 bridgehead atoms. The number of fused-ring (bicyclic) bond motifs is 1. The topological polar surface area (TPSA) is 82.2 Å². The Balaban J connectivity index is 1.36. The molecular weight excluding hydrogens is 462 g/mol. The largest absolute Gasteiger partial charge is 0.387 e. The number of hydrogen-bond donors (Lipinski definition) is 1. The molecule has 7 nitrogen and oxygen atoms in total. The minimum Gasteiger partial charge on any atom is -0.387 e. The summed E-state index contributed by atoms with van der Waals surface area (Å²) in [4.78, 5) is 37.2. The highest BCUT2D eigenvalue weighted by atomic mass is 16.2. The number of piperazine rings is 1. The van der Waals surface area contributed by atoms with Crippen LogP contribution in [0, 0.1) is 0 Å². The molecule has 37 heavy (non-hydrogen) atoms. The van der Waals surface area contributed by atoms with Gasteiger partial charge in [0.2, 0.25) is 5.91 Å². The van der Waals surface area contributed by atoms with E-state index in [0.717, 1.165) is 74.5 Å². The Morgan fingerprint density at radius 2 is 1.51 bits per heavy atom. The van der Waals surface area contributed by atoms with Gasteiger partial charge in [-0.05, 0) is 69.0 Å². The van der Waals surface area contributed by atoms with Crippen molar-refractivity contribution in [2.24, 2.45) is 10.7 Å². The molecule has 3 heterocycles. The van der Waals surface area contributed by atoms with Gasteiger partial charge in [0.1, 0.15) is 5.84 Å². The lowest BCUT2D eigenvalue weighted by molar-refractivity contribution is -0.126. The fourth-order valence-electron chi connectivity index (χ4n) is 5.43. The first-order valence-corrected chi connectivity index (χ1v) is 13.3. The van der Waals surface area contributed by atoms with Crippen molar-refractivity contribution in [3.63, 3.8) is 0 Å². The Kier molecular flexibility index (Phi) is 6.90. The molecule has 2 saturated heterocycles. The van der Waals surface area contributed by atoms with Gasteiger partial charge in [0.15, 0.2) is 0 Å². The third kappa shape index (κ3) is 5.47. The molecule has 3 aliphatic heterocycles. The molecule has 2 amide bonds. The van der Waals surface area contributed by atoms with Crippen LogP contribution in [0.4, 0.5) is 5.69 Å². The third-order valence-electron chi connectivity index (χ3n) is 7.62. The van der Waals surface area contributed by atoms with Crippen molar-refractivity contribution >= 4 is 29.4 Å². The van der Waals surface area contributed by atoms with Crippen molar-refractivity contribution in [3.05, 3.63) is 59.2 Å². The summed E-state index contributed by atoms with van der Waals surface area (Å²) in [6.07, 6.45) is 4.39. The maximum atomic E-state index is 13.3. The molecule has 0 aromatic heterocycles. The van der Waals surface area contributed by atoms with Crippen LogP contribution in [0.25, 0.3) is 17.2 Å². The highest BCUT2D eigenvalue weighted by Crippen LogP contribution is 2.33. The number of hydrogen-bond acceptors (Lipinski definition) is 5. The van der Waals surface area contributed by atoms with Gasteiger partial charge in [0, 0.05) is 67.9 Å². The van der Waals surface area contributed by atoms with Crippen molar-refractivity contribution < 1.29 is 9.59 Å². The Morgan fingerprint density at radius 1 is 0.838 bits per heavy atom. The quantitative estimate of drug-likeness (QED) is 0.682. The first-order valence-electron chi connectivity index (χ1n) is 13.3. The van der Waals surface area contributed by atoms with E-state index in [9.17, 15) is 9.59 Å². The van der Waals surface area contributed by atoms with E-state index in [1.165, 1.54) is 0 Å². The van der Waals surface area contributed by atoms with Crippen LogP contribution in [0.3, 0.4) is 0 Å². The molecule has 0 aliphatic carbocycles. The van der Waals surface area contributed by atoms with Crippen molar-refractivity contribution in [2.75, 3.05) is 39.3 Å². The number of nitrogens with zero attached hydrogens (tertiary/aromatic N) is 4. The van der Waals surface area contributed by atoms with Gasteiger partial charge in [-0.15, -0.1) is 0 Å². The predicted octanol–water partition coefficient (Wildman–Crippen LogP) is 4.31. The Labute approximate surface area is 219 Å². The molecule has 0 spiro atoms. The Hall–Kier alpha value is -3.45. The van der Waals surface area contributed by atoms with Gasteiger partial charge in [-0.1, -0.05) is 24.3 Å². The number of aliphatic imine (C=N–C) groups is 1. The second-order valence-electron chi connectivity index (χ2n) is 11.3. The van der Waals surface area contributed by atoms with Crippen LogP contribution >= 0.6 is 0 Å². The maximum absolute atomic E-state index is 13.3. The molecule has 0 saturated carbocycles. The molecule has 0 radical (unpaired) electrons. The maximum Gasteiger partial charge on any atom is 0.253 e. The second kappa shape index (κ2) is 10.1. The minimum atomic E-state index is 0.0575. The van der Waals surface area contributed by atoms with Gasteiger partial charge in [-0.3, -0.25) is 14.5 Å². The van der Waals surface area contributed by atoms with E-state index in [2.05, 4.69) is 30.7 Å². The summed E-state index contributed by atoms with van der Waals surface area (Å²) in [6.45, 7) is 11.5. The SMILES string of the molecule is CC(C)(C)N1CCN(C(=O)c2cccc(-c3ccc4c(c3)N=C(N)CC(C(=O)N3CCCC3)=C4)c2)CC1. The summed E-state index contributed by atoms with van der Waals surface area (Å²) in [5, 5.41) is 0. The summed E-state index contributed by atoms with van der Waals surface area (Å²) in [7, 11) is 0. The molecule has 2 N–H and O–H groups in total. The van der Waals surface area contributed by atoms with Gasteiger partial charge < -0.3 is 15.5 Å². The molecule has 2 fully saturated rings. The number of likely N-dealkylation sites (tertiary alicyclic amines) is 1. The number of carbonyl (C=O) groups excluding carboxylic acids is 2. The van der Waals surface area contributed by atoms with Crippen molar-refractivity contribution in [2.45, 2.75) is 45.6 Å². The first-order chi connectivity index (χ1) is 17.7. The van der Waals surface area contributed by atoms with Crippen molar-refractivity contribution in [1.29, 1.82) is 0 Å². The lowest BCUT2D eigenvalue weighted by atomic mass is 9.99. The predicted molar refractivity (Wildman–Crippen MR) is 149 cm³/mol. The van der Waals surface area contributed by atoms with E-state index in [-0.39, 0.29) is 17.4 Å². The fraction of sp³-hybridized carbons (Fsp3) is 0.433. The average molecular weight is 500 g/mol. The summed E-state index contributed by atoms with van der Waals surface area (Å²) in [5.74, 6) is 0.565. The van der Waals surface area contributed by atoms with E-state index in [0.29, 0.717) is 23.4 Å². The summed E-state index contributed by atoms with van der Waals surface area (Å²) in [6, 6.07) is 13.8. The van der Waals surface area contributed by atoms with Crippen molar-refractivity contribution in [1.82, 2.24) is 14.7 Å². The number of benzene rings is 2. The lowest BCUT2D eigenvalue weighted by Crippen LogP contribution is -2.54. The molecule has 2 aromatic carbocycles. The van der Waals surface area contributed by atoms with Gasteiger partial charge in [0.05, 0.1) is 5.69 Å². The first kappa shape index (κ1) is 25.2. The highest BCUT2D eigenvalue weighted by Gasteiger charge is 2.28. The van der Waals surface area contributed by atoms with Crippen LogP contribution in [0.1, 0.15) is 56.0 Å². The van der Waals surface area contributed by atoms with Gasteiger partial charge in [0.25, 0.3) is 5.91 Å². The number of carbonyl (C=O) groups is 2. The van der Waals surface area contributed by atoms with Crippen LogP contribution in [-0.4, -0.2) is 77.2 Å². The zero-order valence-corrected chi connectivity index (χ0v) is 22.2. The smallest absolute Gasteiger partial charge is 0.253 e. The Morgan fingerprint density at radius 3 is 2.22 bits per heavy atom. The molecule has 7 heteroatoms. The second-order valence-corrected chi connectivity index (χ2v) is 11.3. The highest BCUT2D eigenvalue weighted by molar-refractivity contribution is 6.05. The lowest BCUT2D eigenvalue weighted by Gasteiger charge is -2.42. The van der Waals surface area contributed by atoms with Gasteiger partial charge in [-0.2, -0.15) is 0 Å². The van der Waals surface area contributed by atoms with Crippen LogP contribution in [0.2, 0.25) is 0 Å². The average Bonchev–Trinajstić information content (AvgIpc) is 3.37. The molecule has 5 rings (SSSR count). The number of rotatable bonds is 3. The number of amidine groups is 1. The van der Waals surface area contributed by atoms with E-state index in [1.807, 2.05) is 58.3 Å². The molecular formula is C30H37N5O2. The van der Waals surface area contributed by atoms with E-state index in [4.69, 9.17) is 5.73 Å². The third-order valence-corrected chi connectivity index (χ3v) is 7.62. The molecule has 3 aliphatic rings. The van der Waals surface area contributed by atoms with Crippen LogP contribution in [-0.2, 0) is 4.79 Å². The standard InChI is InChI=1S/C30H37N5O2/c1-30(2,3)35-15-13-34(14-16-35)28(36)24-8-6-7-21(17-24)22-9-10-23-18-25(20-27(31)32-26(23)19-22)29(37)33-11-4-5-12-33/h6-10,17-19H,4-5,11-16,20H2,1-3H3,(H2,31,32). The zero-order chi connectivity index (χ0) is 26.2. The monoisotopic (exact) mass is 499 g/mol. The fourth-order valence-corrected chi connectivity index (χ4v) is 5.43. The summed E-state index contributed by atoms with van der Waals surface area (Å²) in [5.41, 5.74) is 11.3. The molecule has 0 unspecified atom stereocenters. The van der Waals surface area contributed by atoms with Crippen LogP contribution in [0.5, 0.6) is 0 Å². The van der Waals surface area contributed by atoms with E-state index >= 15 is 0 Å².